The van der Waals surface area contributed by atoms with Crippen LogP contribution in [0.25, 0.3) is 134 Å². The molecule has 0 N–H and O–H groups in total. The highest BCUT2D eigenvalue weighted by Crippen LogP contribution is 2.48. The topological polar surface area (TPSA) is 48.5 Å². The summed E-state index contributed by atoms with van der Waals surface area (Å²) in [7, 11) is 0. The maximum absolute atomic E-state index is 5.82. The highest BCUT2D eigenvalue weighted by atomic mass is 15.1. The summed E-state index contributed by atoms with van der Waals surface area (Å²) in [6, 6.07) is 85.5. The lowest BCUT2D eigenvalue weighted by atomic mass is 9.34. The monoisotopic (exact) mass is 1180 g/mol. The molecule has 91 heavy (non-hydrogen) atoms. The van der Waals surface area contributed by atoms with E-state index in [4.69, 9.17) is 15.0 Å². The SMILES string of the molecule is CC(C)(C)c1cc(C(C)(C)C)c2c3cccc4c3n(c2c1)-c1cc(-c2nc(-c3cc(-c5ccccc5)cc(-c5ccccc5)c3)nc(-c3cc(-c5ccccc5)cc(-c5ccccc5)c3)n2)cc2c1B4c1cccc3c4c(C(C)(C)C)cc(C(C)(C)C)cc4n-2c13. The van der Waals surface area contributed by atoms with Gasteiger partial charge in [-0.3, -0.25) is 0 Å². The molecule has 0 bridgehead atoms. The number of benzene rings is 11. The maximum atomic E-state index is 5.82. The van der Waals surface area contributed by atoms with Crippen LogP contribution in [0.3, 0.4) is 0 Å². The first-order valence-electron chi connectivity index (χ1n) is 32.4. The Morgan fingerprint density at radius 2 is 0.593 bits per heavy atom. The van der Waals surface area contributed by atoms with Crippen LogP contribution in [0.5, 0.6) is 0 Å². The zero-order chi connectivity index (χ0) is 62.6. The van der Waals surface area contributed by atoms with Crippen LogP contribution in [-0.2, 0) is 21.7 Å². The molecule has 2 aliphatic heterocycles. The van der Waals surface area contributed by atoms with Crippen molar-refractivity contribution in [1.82, 2.24) is 24.1 Å². The van der Waals surface area contributed by atoms with Crippen molar-refractivity contribution in [2.24, 2.45) is 0 Å². The average Bonchev–Trinajstić information content (AvgIpc) is 1.56. The molecule has 5 heterocycles. The van der Waals surface area contributed by atoms with E-state index in [1.165, 1.54) is 82.3 Å². The van der Waals surface area contributed by atoms with E-state index in [-0.39, 0.29) is 28.4 Å². The first-order valence-corrected chi connectivity index (χ1v) is 32.4. The highest BCUT2D eigenvalue weighted by Gasteiger charge is 2.43. The molecular formula is C85H74BN5. The molecule has 14 aromatic rings. The van der Waals surface area contributed by atoms with Gasteiger partial charge in [0.1, 0.15) is 0 Å². The van der Waals surface area contributed by atoms with Crippen LogP contribution in [0, 0.1) is 0 Å². The van der Waals surface area contributed by atoms with E-state index in [0.717, 1.165) is 72.6 Å². The zero-order valence-corrected chi connectivity index (χ0v) is 54.3. The molecule has 0 saturated heterocycles. The van der Waals surface area contributed by atoms with Gasteiger partial charge in [0, 0.05) is 60.6 Å². The number of fused-ring (bicyclic) bond motifs is 10. The lowest BCUT2D eigenvalue weighted by Crippen LogP contribution is -2.59. The molecule has 0 atom stereocenters. The number of aromatic nitrogens is 5. The van der Waals surface area contributed by atoms with E-state index in [0.29, 0.717) is 17.5 Å². The second-order valence-electron chi connectivity index (χ2n) is 29.7. The molecule has 0 spiro atoms. The van der Waals surface area contributed by atoms with E-state index in [1.54, 1.807) is 0 Å². The first-order chi connectivity index (χ1) is 43.6. The van der Waals surface area contributed by atoms with Gasteiger partial charge in [0.05, 0.1) is 11.0 Å². The average molecular weight is 1180 g/mol. The number of nitrogens with zero attached hydrogens (tertiary/aromatic N) is 5. The van der Waals surface area contributed by atoms with Gasteiger partial charge in [0.15, 0.2) is 17.5 Å². The van der Waals surface area contributed by atoms with E-state index < -0.39 is 0 Å². The Morgan fingerprint density at radius 3 is 0.901 bits per heavy atom. The molecular weight excluding hydrogens is 1100 g/mol. The number of rotatable bonds is 7. The molecule has 5 nitrogen and oxygen atoms in total. The molecule has 0 saturated carbocycles. The summed E-state index contributed by atoms with van der Waals surface area (Å²) >= 11 is 0. The molecule has 0 unspecified atom stereocenters. The minimum atomic E-state index is -0.154. The van der Waals surface area contributed by atoms with E-state index in [2.05, 4.69) is 323 Å². The normalized spacial score (nSPS) is 13.0. The lowest BCUT2D eigenvalue weighted by Gasteiger charge is -2.34. The van der Waals surface area contributed by atoms with Crippen LogP contribution >= 0.6 is 0 Å². The third kappa shape index (κ3) is 9.23. The molecule has 16 rings (SSSR count). The summed E-state index contributed by atoms with van der Waals surface area (Å²) in [6.45, 7) is 28.3. The fourth-order valence-electron chi connectivity index (χ4n) is 14.8. The Balaban J connectivity index is 1.07. The minimum Gasteiger partial charge on any atom is -0.310 e. The van der Waals surface area contributed by atoms with Gasteiger partial charge in [-0.25, -0.2) is 15.0 Å². The maximum Gasteiger partial charge on any atom is 0.252 e. The number of hydrogen-bond donors (Lipinski definition) is 0. The number of para-hydroxylation sites is 2. The Labute approximate surface area is 535 Å². The van der Waals surface area contributed by atoms with E-state index in [1.807, 2.05) is 0 Å². The lowest BCUT2D eigenvalue weighted by molar-refractivity contribution is 0.572. The largest absolute Gasteiger partial charge is 0.310 e. The predicted octanol–water partition coefficient (Wildman–Crippen LogP) is 20.1. The van der Waals surface area contributed by atoms with Crippen molar-refractivity contribution in [3.63, 3.8) is 0 Å². The smallest absolute Gasteiger partial charge is 0.252 e. The molecule has 3 aromatic heterocycles. The van der Waals surface area contributed by atoms with Crippen molar-refractivity contribution < 1.29 is 0 Å². The Morgan fingerprint density at radius 1 is 0.286 bits per heavy atom. The minimum absolute atomic E-state index is 0.0702. The predicted molar refractivity (Wildman–Crippen MR) is 386 cm³/mol. The summed E-state index contributed by atoms with van der Waals surface area (Å²) in [4.78, 5) is 17.3. The van der Waals surface area contributed by atoms with Gasteiger partial charge >= 0.3 is 0 Å². The standard InChI is InChI=1S/C85H74BN5/c1-82(2,3)62-47-66(84(7,8)9)74-64-35-25-37-68-77(64)90(70(74)49-62)72-45-61(46-73-76(72)86(68)69-38-26-36-65-75-67(85(10,11)12)48-63(83(4,5)6)50-71(75)91(73)78(65)69)81-88-79(59-41-55(51-27-17-13-18-28-51)39-56(42-59)52-29-19-14-20-30-52)87-80(89-81)60-43-57(53-31-21-15-22-32-53)40-58(44-60)54-33-23-16-24-34-54/h13-50H,1-12H3. The van der Waals surface area contributed by atoms with Crippen molar-refractivity contribution in [3.8, 4) is 90.0 Å². The van der Waals surface area contributed by atoms with Gasteiger partial charge in [-0.15, -0.1) is 0 Å². The van der Waals surface area contributed by atoms with Crippen molar-refractivity contribution >= 4 is 66.7 Å². The van der Waals surface area contributed by atoms with Crippen LogP contribution in [0.2, 0.25) is 0 Å². The molecule has 6 heteroatoms. The van der Waals surface area contributed by atoms with Gasteiger partial charge in [0.2, 0.25) is 0 Å². The molecule has 0 amide bonds. The molecule has 0 aliphatic carbocycles. The summed E-state index contributed by atoms with van der Waals surface area (Å²) in [5.41, 5.74) is 27.5. The highest BCUT2D eigenvalue weighted by molar-refractivity contribution is 7.00. The Kier molecular flexibility index (Phi) is 12.6. The fraction of sp³-hybridized carbons (Fsp3) is 0.188. The molecule has 0 fully saturated rings. The van der Waals surface area contributed by atoms with Crippen LogP contribution in [0.15, 0.2) is 231 Å². The summed E-state index contributed by atoms with van der Waals surface area (Å²) in [5, 5.41) is 5.19. The van der Waals surface area contributed by atoms with Crippen molar-refractivity contribution in [2.75, 3.05) is 0 Å². The van der Waals surface area contributed by atoms with Gasteiger partial charge in [-0.2, -0.15) is 0 Å². The van der Waals surface area contributed by atoms with Gasteiger partial charge < -0.3 is 9.13 Å². The van der Waals surface area contributed by atoms with Gasteiger partial charge in [-0.1, -0.05) is 253 Å². The third-order valence-electron chi connectivity index (χ3n) is 19.4. The molecule has 0 radical (unpaired) electrons. The quantitative estimate of drug-likeness (QED) is 0.149. The van der Waals surface area contributed by atoms with Crippen molar-refractivity contribution in [2.45, 2.75) is 105 Å². The molecule has 11 aromatic carbocycles. The number of hydrogen-bond acceptors (Lipinski definition) is 3. The van der Waals surface area contributed by atoms with Crippen LogP contribution < -0.4 is 16.4 Å². The fourth-order valence-corrected chi connectivity index (χ4v) is 14.8. The summed E-state index contributed by atoms with van der Waals surface area (Å²) in [5.74, 6) is 1.79. The third-order valence-corrected chi connectivity index (χ3v) is 19.4. The summed E-state index contributed by atoms with van der Waals surface area (Å²) < 4.78 is 5.30. The first kappa shape index (κ1) is 56.3. The molecule has 2 aliphatic rings. The summed E-state index contributed by atoms with van der Waals surface area (Å²) in [6.07, 6.45) is 0. The second kappa shape index (κ2) is 20.3. The second-order valence-corrected chi connectivity index (χ2v) is 29.7. The van der Waals surface area contributed by atoms with Gasteiger partial charge in [-0.05, 0) is 165 Å². The van der Waals surface area contributed by atoms with Crippen LogP contribution in [0.4, 0.5) is 0 Å². The van der Waals surface area contributed by atoms with E-state index in [9.17, 15) is 0 Å². The van der Waals surface area contributed by atoms with Crippen molar-refractivity contribution in [3.05, 3.63) is 253 Å². The Bertz CT molecular complexity index is 4860. The van der Waals surface area contributed by atoms with Crippen molar-refractivity contribution in [1.29, 1.82) is 0 Å². The van der Waals surface area contributed by atoms with E-state index >= 15 is 0 Å². The Hall–Kier alpha value is -9.91. The van der Waals surface area contributed by atoms with Gasteiger partial charge in [0.25, 0.3) is 6.71 Å². The molecule has 442 valence electrons. The van der Waals surface area contributed by atoms with Crippen LogP contribution in [0.1, 0.15) is 105 Å². The van der Waals surface area contributed by atoms with Crippen LogP contribution in [-0.4, -0.2) is 30.8 Å². The zero-order valence-electron chi connectivity index (χ0n) is 54.3.